The molecule has 1 aliphatic heterocycles. The summed E-state index contributed by atoms with van der Waals surface area (Å²) in [5, 5.41) is 10.1. The van der Waals surface area contributed by atoms with Gasteiger partial charge in [0.25, 0.3) is 0 Å². The average Bonchev–Trinajstić information content (AvgIpc) is 2.48. The minimum absolute atomic E-state index is 0.394. The quantitative estimate of drug-likeness (QED) is 0.757. The first-order chi connectivity index (χ1) is 10.1. The van der Waals surface area contributed by atoms with Crippen LogP contribution in [0.15, 0.2) is 11.6 Å². The van der Waals surface area contributed by atoms with Crippen LogP contribution in [-0.4, -0.2) is 62.2 Å². The van der Waals surface area contributed by atoms with E-state index in [2.05, 4.69) is 24.8 Å². The number of hydrogen-bond acceptors (Lipinski definition) is 4. The topological polar surface area (TPSA) is 41.9 Å². The van der Waals surface area contributed by atoms with E-state index in [0.717, 1.165) is 32.2 Å². The summed E-state index contributed by atoms with van der Waals surface area (Å²) >= 11 is 0. The van der Waals surface area contributed by atoms with Crippen molar-refractivity contribution in [2.45, 2.75) is 32.8 Å². The van der Waals surface area contributed by atoms with Crippen LogP contribution < -0.4 is 0 Å². The molecule has 1 saturated heterocycles. The molecule has 3 aliphatic carbocycles. The normalized spacial score (nSPS) is 33.2. The zero-order valence-electron chi connectivity index (χ0n) is 13.4. The third kappa shape index (κ3) is 3.34. The Kier molecular flexibility index (Phi) is 4.69. The van der Waals surface area contributed by atoms with Crippen molar-refractivity contribution in [3.8, 4) is 0 Å². The Bertz CT molecular complexity index is 387. The lowest BCUT2D eigenvalue weighted by atomic mass is 9.49. The summed E-state index contributed by atoms with van der Waals surface area (Å²) in [6.45, 7) is 9.97. The van der Waals surface area contributed by atoms with Gasteiger partial charge in [0.1, 0.15) is 0 Å². The Morgan fingerprint density at radius 3 is 2.86 bits per heavy atom. The maximum absolute atomic E-state index is 10.1. The molecule has 120 valence electrons. The molecule has 0 spiro atoms. The maximum Gasteiger partial charge on any atom is 0.0900 e. The van der Waals surface area contributed by atoms with Crippen molar-refractivity contribution in [1.82, 2.24) is 4.90 Å². The predicted molar refractivity (Wildman–Crippen MR) is 82.2 cm³/mol. The summed E-state index contributed by atoms with van der Waals surface area (Å²) in [4.78, 5) is 2.25. The summed E-state index contributed by atoms with van der Waals surface area (Å²) < 4.78 is 11.1. The second-order valence-electron chi connectivity index (χ2n) is 7.40. The van der Waals surface area contributed by atoms with Crippen molar-refractivity contribution >= 4 is 0 Å². The predicted octanol–water partition coefficient (Wildman–Crippen LogP) is 1.69. The lowest BCUT2D eigenvalue weighted by Crippen LogP contribution is -2.48. The van der Waals surface area contributed by atoms with E-state index in [9.17, 15) is 5.11 Å². The largest absolute Gasteiger partial charge is 0.389 e. The highest BCUT2D eigenvalue weighted by Crippen LogP contribution is 2.59. The molecule has 3 atom stereocenters. The number of rotatable bonds is 6. The van der Waals surface area contributed by atoms with Gasteiger partial charge >= 0.3 is 0 Å². The van der Waals surface area contributed by atoms with Gasteiger partial charge in [-0.3, -0.25) is 4.90 Å². The number of allylic oxidation sites excluding steroid dienone is 1. The number of morpholine rings is 1. The van der Waals surface area contributed by atoms with E-state index in [1.165, 1.54) is 18.4 Å². The zero-order chi connectivity index (χ0) is 14.9. The number of hydrogen-bond donors (Lipinski definition) is 1. The molecule has 4 heteroatoms. The number of ether oxygens (including phenoxy) is 2. The van der Waals surface area contributed by atoms with E-state index in [0.29, 0.717) is 31.1 Å². The second kappa shape index (κ2) is 6.37. The molecule has 0 radical (unpaired) electrons. The molecular weight excluding hydrogens is 266 g/mol. The molecule has 4 nitrogen and oxygen atoms in total. The maximum atomic E-state index is 10.1. The van der Waals surface area contributed by atoms with Crippen LogP contribution in [0.2, 0.25) is 0 Å². The van der Waals surface area contributed by atoms with E-state index >= 15 is 0 Å². The van der Waals surface area contributed by atoms with Crippen molar-refractivity contribution in [2.75, 3.05) is 46.1 Å². The molecule has 1 heterocycles. The number of aliphatic hydroxyl groups is 1. The molecule has 21 heavy (non-hydrogen) atoms. The molecule has 2 fully saturated rings. The van der Waals surface area contributed by atoms with Crippen molar-refractivity contribution < 1.29 is 14.6 Å². The third-order valence-corrected chi connectivity index (χ3v) is 5.73. The molecule has 4 aliphatic rings. The first kappa shape index (κ1) is 15.5. The average molecular weight is 295 g/mol. The minimum Gasteiger partial charge on any atom is -0.389 e. The highest BCUT2D eigenvalue weighted by Gasteiger charge is 2.50. The third-order valence-electron chi connectivity index (χ3n) is 5.73. The van der Waals surface area contributed by atoms with Gasteiger partial charge in [-0.15, -0.1) is 0 Å². The molecule has 4 rings (SSSR count). The standard InChI is InChI=1S/C17H29NO3/c1-17(2)14-4-3-13(16(17)9-14)11-21-12-15(19)10-18-5-7-20-8-6-18/h3,14-16,19H,4-12H2,1-2H3. The fourth-order valence-electron chi connectivity index (χ4n) is 4.09. The number of β-amino-alcohol motifs (C(OH)–C–C–N with tert-alkyl or cyclic N) is 1. The minimum atomic E-state index is -0.394. The van der Waals surface area contributed by atoms with Crippen molar-refractivity contribution in [1.29, 1.82) is 0 Å². The van der Waals surface area contributed by atoms with Crippen LogP contribution in [0, 0.1) is 17.3 Å². The van der Waals surface area contributed by atoms with Crippen LogP contribution in [0.3, 0.4) is 0 Å². The number of aliphatic hydroxyl groups excluding tert-OH is 1. The Balaban J connectivity index is 1.37. The van der Waals surface area contributed by atoms with Gasteiger partial charge < -0.3 is 14.6 Å². The summed E-state index contributed by atoms with van der Waals surface area (Å²) in [5.74, 6) is 1.57. The van der Waals surface area contributed by atoms with Crippen molar-refractivity contribution in [3.63, 3.8) is 0 Å². The van der Waals surface area contributed by atoms with E-state index in [-0.39, 0.29) is 0 Å². The zero-order valence-corrected chi connectivity index (χ0v) is 13.4. The van der Waals surface area contributed by atoms with Gasteiger partial charge in [-0.1, -0.05) is 19.9 Å². The van der Waals surface area contributed by atoms with Crippen LogP contribution in [-0.2, 0) is 9.47 Å². The number of nitrogens with zero attached hydrogens (tertiary/aromatic N) is 1. The lowest BCUT2D eigenvalue weighted by molar-refractivity contribution is -0.0317. The van der Waals surface area contributed by atoms with Gasteiger partial charge in [-0.05, 0) is 35.7 Å². The molecule has 0 aromatic carbocycles. The Morgan fingerprint density at radius 2 is 2.19 bits per heavy atom. The monoisotopic (exact) mass is 295 g/mol. The Labute approximate surface area is 128 Å². The fourth-order valence-corrected chi connectivity index (χ4v) is 4.09. The molecule has 1 saturated carbocycles. The lowest BCUT2D eigenvalue weighted by Gasteiger charge is -2.56. The van der Waals surface area contributed by atoms with Crippen LogP contribution in [0.5, 0.6) is 0 Å². The fraction of sp³-hybridized carbons (Fsp3) is 0.882. The summed E-state index contributed by atoms with van der Waals surface area (Å²) in [7, 11) is 0. The summed E-state index contributed by atoms with van der Waals surface area (Å²) in [5.41, 5.74) is 1.92. The van der Waals surface area contributed by atoms with Gasteiger partial charge in [-0.25, -0.2) is 0 Å². The van der Waals surface area contributed by atoms with Gasteiger partial charge in [0, 0.05) is 19.6 Å². The van der Waals surface area contributed by atoms with Crippen LogP contribution >= 0.6 is 0 Å². The van der Waals surface area contributed by atoms with E-state index < -0.39 is 6.10 Å². The van der Waals surface area contributed by atoms with Crippen LogP contribution in [0.4, 0.5) is 0 Å². The van der Waals surface area contributed by atoms with Crippen LogP contribution in [0.1, 0.15) is 26.7 Å². The number of fused-ring (bicyclic) bond motifs is 1. The van der Waals surface area contributed by atoms with Crippen LogP contribution in [0.25, 0.3) is 0 Å². The van der Waals surface area contributed by atoms with Crippen molar-refractivity contribution in [2.24, 2.45) is 17.3 Å². The Hall–Kier alpha value is -0.420. The first-order valence-corrected chi connectivity index (χ1v) is 8.32. The second-order valence-corrected chi connectivity index (χ2v) is 7.40. The van der Waals surface area contributed by atoms with Gasteiger partial charge in [0.2, 0.25) is 0 Å². The molecule has 3 unspecified atom stereocenters. The molecule has 0 aromatic rings. The smallest absolute Gasteiger partial charge is 0.0900 e. The molecule has 0 aromatic heterocycles. The van der Waals surface area contributed by atoms with Gasteiger partial charge in [0.05, 0.1) is 32.5 Å². The van der Waals surface area contributed by atoms with E-state index in [1.54, 1.807) is 0 Å². The SMILES string of the molecule is CC1(C)C2CC=C(COCC(O)CN3CCOCC3)C1C2. The highest BCUT2D eigenvalue weighted by atomic mass is 16.5. The van der Waals surface area contributed by atoms with Gasteiger partial charge in [0.15, 0.2) is 0 Å². The van der Waals surface area contributed by atoms with Gasteiger partial charge in [-0.2, -0.15) is 0 Å². The molecule has 1 N–H and O–H groups in total. The summed E-state index contributed by atoms with van der Waals surface area (Å²) in [6.07, 6.45) is 4.52. The van der Waals surface area contributed by atoms with Crippen molar-refractivity contribution in [3.05, 3.63) is 11.6 Å². The van der Waals surface area contributed by atoms with E-state index in [1.807, 2.05) is 0 Å². The molecule has 2 bridgehead atoms. The molecule has 0 amide bonds. The van der Waals surface area contributed by atoms with E-state index in [4.69, 9.17) is 9.47 Å². The Morgan fingerprint density at radius 1 is 1.43 bits per heavy atom. The molecular formula is C17H29NO3. The highest BCUT2D eigenvalue weighted by molar-refractivity contribution is 5.23. The first-order valence-electron chi connectivity index (χ1n) is 8.32. The summed E-state index contributed by atoms with van der Waals surface area (Å²) in [6, 6.07) is 0.